The molecule has 1 aliphatic heterocycles. The SMILES string of the molecule is COC(=O)/C(C)=C/CN1C=NS(=O)(=O)c2ccccc21. The molecule has 0 saturated heterocycles. The maximum absolute atomic E-state index is 11.8. The maximum atomic E-state index is 11.8. The first kappa shape index (κ1) is 14.3. The van der Waals surface area contributed by atoms with Crippen molar-refractivity contribution in [1.29, 1.82) is 0 Å². The zero-order valence-corrected chi connectivity index (χ0v) is 11.9. The number of rotatable bonds is 3. The number of para-hydroxylation sites is 1. The molecule has 0 fully saturated rings. The zero-order chi connectivity index (χ0) is 14.8. The summed E-state index contributed by atoms with van der Waals surface area (Å²) in [4.78, 5) is 13.1. The molecule has 0 aromatic heterocycles. The van der Waals surface area contributed by atoms with Crippen LogP contribution in [0.4, 0.5) is 5.69 Å². The first-order valence-electron chi connectivity index (χ1n) is 5.87. The van der Waals surface area contributed by atoms with Crippen molar-refractivity contribution in [3.63, 3.8) is 0 Å². The van der Waals surface area contributed by atoms with Crippen LogP contribution < -0.4 is 4.90 Å². The smallest absolute Gasteiger partial charge is 0.333 e. The van der Waals surface area contributed by atoms with Crippen LogP contribution in [0, 0.1) is 0 Å². The van der Waals surface area contributed by atoms with Gasteiger partial charge in [0.2, 0.25) is 0 Å². The van der Waals surface area contributed by atoms with E-state index in [0.717, 1.165) is 0 Å². The number of hydrogen-bond acceptors (Lipinski definition) is 5. The van der Waals surface area contributed by atoms with Crippen LogP contribution in [0.25, 0.3) is 0 Å². The van der Waals surface area contributed by atoms with Gasteiger partial charge in [-0.1, -0.05) is 18.2 Å². The summed E-state index contributed by atoms with van der Waals surface area (Å²) in [6, 6.07) is 6.59. The Morgan fingerprint density at radius 2 is 2.10 bits per heavy atom. The third kappa shape index (κ3) is 2.72. The summed E-state index contributed by atoms with van der Waals surface area (Å²) >= 11 is 0. The van der Waals surface area contributed by atoms with Gasteiger partial charge in [0.05, 0.1) is 12.8 Å². The molecule has 106 valence electrons. The molecule has 0 amide bonds. The topological polar surface area (TPSA) is 76.0 Å². The molecule has 0 bridgehead atoms. The first-order valence-corrected chi connectivity index (χ1v) is 7.31. The number of nitrogens with zero attached hydrogens (tertiary/aromatic N) is 2. The number of carbonyl (C=O) groups excluding carboxylic acids is 1. The summed E-state index contributed by atoms with van der Waals surface area (Å²) < 4.78 is 31.7. The largest absolute Gasteiger partial charge is 0.466 e. The van der Waals surface area contributed by atoms with Gasteiger partial charge in [0.15, 0.2) is 0 Å². The molecule has 0 spiro atoms. The Labute approximate surface area is 117 Å². The fourth-order valence-electron chi connectivity index (χ4n) is 1.78. The normalized spacial score (nSPS) is 16.7. The Morgan fingerprint density at radius 3 is 2.80 bits per heavy atom. The number of ether oxygens (including phenoxy) is 1. The molecular formula is C13H14N2O4S. The summed E-state index contributed by atoms with van der Waals surface area (Å²) in [5.41, 5.74) is 0.989. The van der Waals surface area contributed by atoms with Crippen molar-refractivity contribution in [2.45, 2.75) is 11.8 Å². The minimum atomic E-state index is -3.62. The Kier molecular flexibility index (Phi) is 3.89. The maximum Gasteiger partial charge on any atom is 0.333 e. The van der Waals surface area contributed by atoms with Crippen LogP contribution >= 0.6 is 0 Å². The van der Waals surface area contributed by atoms with E-state index in [1.54, 1.807) is 36.1 Å². The fraction of sp³-hybridized carbons (Fsp3) is 0.231. The van der Waals surface area contributed by atoms with E-state index in [-0.39, 0.29) is 4.90 Å². The highest BCUT2D eigenvalue weighted by Crippen LogP contribution is 2.28. The highest BCUT2D eigenvalue weighted by Gasteiger charge is 2.24. The van der Waals surface area contributed by atoms with Crippen LogP contribution in [0.3, 0.4) is 0 Å². The summed E-state index contributed by atoms with van der Waals surface area (Å²) in [6.07, 6.45) is 2.91. The predicted molar refractivity (Wildman–Crippen MR) is 75.2 cm³/mol. The molecule has 0 radical (unpaired) electrons. The third-order valence-corrected chi connectivity index (χ3v) is 4.15. The standard InChI is InChI=1S/C13H14N2O4S/c1-10(13(16)19-2)7-8-15-9-14-20(17,18)12-6-4-3-5-11(12)15/h3-7,9H,8H2,1-2H3/b10-7+. The Balaban J connectivity index is 2.30. The summed E-state index contributed by atoms with van der Waals surface area (Å²) in [6.45, 7) is 1.96. The van der Waals surface area contributed by atoms with Gasteiger partial charge >= 0.3 is 5.97 Å². The highest BCUT2D eigenvalue weighted by molar-refractivity contribution is 7.90. The molecule has 0 saturated carbocycles. The van der Waals surface area contributed by atoms with Crippen molar-refractivity contribution in [3.05, 3.63) is 35.9 Å². The van der Waals surface area contributed by atoms with E-state index in [1.165, 1.54) is 19.5 Å². The van der Waals surface area contributed by atoms with Crippen molar-refractivity contribution in [2.24, 2.45) is 4.40 Å². The second kappa shape index (κ2) is 5.46. The Bertz CT molecular complexity index is 692. The van der Waals surface area contributed by atoms with Gasteiger partial charge < -0.3 is 9.64 Å². The summed E-state index contributed by atoms with van der Waals surface area (Å²) in [5, 5.41) is 0. The van der Waals surface area contributed by atoms with E-state index in [4.69, 9.17) is 0 Å². The number of sulfonamides is 1. The van der Waals surface area contributed by atoms with Gasteiger partial charge in [-0.3, -0.25) is 0 Å². The number of hydrogen-bond donors (Lipinski definition) is 0. The Hall–Kier alpha value is -2.15. The summed E-state index contributed by atoms with van der Waals surface area (Å²) in [7, 11) is -2.31. The van der Waals surface area contributed by atoms with E-state index < -0.39 is 16.0 Å². The van der Waals surface area contributed by atoms with Crippen LogP contribution in [0.5, 0.6) is 0 Å². The highest BCUT2D eigenvalue weighted by atomic mass is 32.2. The number of carbonyl (C=O) groups is 1. The third-order valence-electron chi connectivity index (χ3n) is 2.88. The van der Waals surface area contributed by atoms with E-state index in [0.29, 0.717) is 17.8 Å². The van der Waals surface area contributed by atoms with Crippen molar-refractivity contribution >= 4 is 28.0 Å². The molecule has 0 N–H and O–H groups in total. The van der Waals surface area contributed by atoms with Crippen molar-refractivity contribution in [1.82, 2.24) is 0 Å². The molecule has 0 unspecified atom stereocenters. The van der Waals surface area contributed by atoms with Gasteiger partial charge in [0, 0.05) is 12.1 Å². The van der Waals surface area contributed by atoms with Crippen LogP contribution in [0.15, 0.2) is 45.2 Å². The first-order chi connectivity index (χ1) is 9.45. The quantitative estimate of drug-likeness (QED) is 0.621. The van der Waals surface area contributed by atoms with E-state index in [1.807, 2.05) is 0 Å². The lowest BCUT2D eigenvalue weighted by atomic mass is 10.2. The van der Waals surface area contributed by atoms with Gasteiger partial charge in [-0.15, -0.1) is 4.40 Å². The van der Waals surface area contributed by atoms with Crippen molar-refractivity contribution in [2.75, 3.05) is 18.6 Å². The lowest BCUT2D eigenvalue weighted by Gasteiger charge is -2.23. The summed E-state index contributed by atoms with van der Waals surface area (Å²) in [5.74, 6) is -0.417. The second-order valence-corrected chi connectivity index (χ2v) is 5.80. The van der Waals surface area contributed by atoms with E-state index in [9.17, 15) is 13.2 Å². The molecule has 1 aliphatic rings. The second-order valence-electron chi connectivity index (χ2n) is 4.19. The molecule has 1 aromatic rings. The van der Waals surface area contributed by atoms with Crippen LogP contribution in [-0.4, -0.2) is 34.4 Å². The number of anilines is 1. The molecule has 1 heterocycles. The number of fused-ring (bicyclic) bond motifs is 1. The van der Waals surface area contributed by atoms with Crippen molar-refractivity contribution in [3.8, 4) is 0 Å². The van der Waals surface area contributed by atoms with E-state index >= 15 is 0 Å². The van der Waals surface area contributed by atoms with Gasteiger partial charge in [-0.05, 0) is 19.1 Å². The molecule has 2 rings (SSSR count). The minimum absolute atomic E-state index is 0.159. The van der Waals surface area contributed by atoms with Crippen molar-refractivity contribution < 1.29 is 17.9 Å². The van der Waals surface area contributed by atoms with Crippen LogP contribution in [0.2, 0.25) is 0 Å². The Morgan fingerprint density at radius 1 is 1.40 bits per heavy atom. The monoisotopic (exact) mass is 294 g/mol. The number of methoxy groups -OCH3 is 1. The van der Waals surface area contributed by atoms with Gasteiger partial charge in [0.25, 0.3) is 10.0 Å². The molecule has 20 heavy (non-hydrogen) atoms. The lowest BCUT2D eigenvalue weighted by molar-refractivity contribution is -0.136. The number of benzene rings is 1. The molecule has 7 heteroatoms. The molecule has 6 nitrogen and oxygen atoms in total. The van der Waals surface area contributed by atoms with Gasteiger partial charge in [-0.2, -0.15) is 8.42 Å². The van der Waals surface area contributed by atoms with Gasteiger partial charge in [-0.25, -0.2) is 4.79 Å². The van der Waals surface area contributed by atoms with E-state index in [2.05, 4.69) is 9.13 Å². The molecular weight excluding hydrogens is 280 g/mol. The predicted octanol–water partition coefficient (Wildman–Crippen LogP) is 1.34. The fourth-order valence-corrected chi connectivity index (χ4v) is 2.83. The molecule has 1 aromatic carbocycles. The number of esters is 1. The lowest BCUT2D eigenvalue weighted by Crippen LogP contribution is -2.27. The average Bonchev–Trinajstić information content (AvgIpc) is 2.45. The molecule has 0 atom stereocenters. The zero-order valence-electron chi connectivity index (χ0n) is 11.1. The van der Waals surface area contributed by atoms with Gasteiger partial charge in [0.1, 0.15) is 11.2 Å². The van der Waals surface area contributed by atoms with Crippen LogP contribution in [-0.2, 0) is 19.6 Å². The minimum Gasteiger partial charge on any atom is -0.466 e. The molecule has 0 aliphatic carbocycles. The average molecular weight is 294 g/mol. The van der Waals surface area contributed by atoms with Crippen LogP contribution in [0.1, 0.15) is 6.92 Å².